The van der Waals surface area contributed by atoms with Gasteiger partial charge in [0.05, 0.1) is 0 Å². The van der Waals surface area contributed by atoms with Gasteiger partial charge in [-0.3, -0.25) is 0 Å². The molecule has 0 saturated carbocycles. The first-order valence-corrected chi connectivity index (χ1v) is 7.31. The third-order valence-electron chi connectivity index (χ3n) is 4.03. The number of carbonyl (C=O) groups is 1. The molecule has 0 spiro atoms. The van der Waals surface area contributed by atoms with Gasteiger partial charge in [-0.25, -0.2) is 4.79 Å². The molecule has 1 atom stereocenters. The van der Waals surface area contributed by atoms with Gasteiger partial charge >= 0.3 is 6.09 Å². The Morgan fingerprint density at radius 3 is 2.65 bits per heavy atom. The van der Waals surface area contributed by atoms with Crippen molar-refractivity contribution in [3.8, 4) is 0 Å². The van der Waals surface area contributed by atoms with Gasteiger partial charge in [-0.05, 0) is 51.4 Å². The molecular weight excluding hydrogens is 252 g/mol. The third-order valence-corrected chi connectivity index (χ3v) is 4.03. The van der Waals surface area contributed by atoms with Crippen LogP contribution in [0.2, 0.25) is 0 Å². The highest BCUT2D eigenvalue weighted by molar-refractivity contribution is 5.67. The van der Waals surface area contributed by atoms with Gasteiger partial charge in [0.25, 0.3) is 0 Å². The lowest BCUT2D eigenvalue weighted by Crippen LogP contribution is -2.43. The van der Waals surface area contributed by atoms with Crippen molar-refractivity contribution in [2.45, 2.75) is 32.4 Å². The monoisotopic (exact) mass is 276 g/mol. The average molecular weight is 276 g/mol. The van der Waals surface area contributed by atoms with Crippen LogP contribution in [0.15, 0.2) is 30.3 Å². The molecule has 4 nitrogen and oxygen atoms in total. The second-order valence-corrected chi connectivity index (χ2v) is 5.64. The van der Waals surface area contributed by atoms with Crippen molar-refractivity contribution < 1.29 is 9.53 Å². The topological polar surface area (TPSA) is 41.6 Å². The molecule has 4 heteroatoms. The van der Waals surface area contributed by atoms with E-state index < -0.39 is 0 Å². The molecule has 1 fully saturated rings. The number of hydrogen-bond donors (Lipinski definition) is 1. The Labute approximate surface area is 121 Å². The Morgan fingerprint density at radius 1 is 1.35 bits per heavy atom. The lowest BCUT2D eigenvalue weighted by atomic mass is 9.91. The summed E-state index contributed by atoms with van der Waals surface area (Å²) in [5.41, 5.74) is 1.01. The van der Waals surface area contributed by atoms with E-state index in [9.17, 15) is 4.79 Å². The van der Waals surface area contributed by atoms with E-state index in [-0.39, 0.29) is 12.1 Å². The maximum Gasteiger partial charge on any atom is 0.407 e. The maximum absolute atomic E-state index is 11.8. The summed E-state index contributed by atoms with van der Waals surface area (Å²) in [5, 5.41) is 2.95. The molecule has 110 valence electrons. The molecule has 1 saturated heterocycles. The predicted octanol–water partition coefficient (Wildman–Crippen LogP) is 2.64. The standard InChI is InChI=1S/C16H24N2O2/c1-13(15-8-10-18(2)11-9-15)17-16(19)20-12-14-6-4-3-5-7-14/h3-7,13,15H,8-12H2,1-2H3,(H,17,19). The van der Waals surface area contributed by atoms with Gasteiger partial charge in [-0.15, -0.1) is 0 Å². The van der Waals surface area contributed by atoms with Gasteiger partial charge in [-0.2, -0.15) is 0 Å². The zero-order chi connectivity index (χ0) is 14.4. The molecule has 1 heterocycles. The Balaban J connectivity index is 1.71. The Kier molecular flexibility index (Phi) is 5.41. The number of rotatable bonds is 4. The van der Waals surface area contributed by atoms with E-state index in [0.29, 0.717) is 12.5 Å². The van der Waals surface area contributed by atoms with Crippen molar-refractivity contribution in [3.63, 3.8) is 0 Å². The van der Waals surface area contributed by atoms with Gasteiger partial charge in [0.15, 0.2) is 0 Å². The van der Waals surface area contributed by atoms with E-state index in [1.807, 2.05) is 30.3 Å². The number of alkyl carbamates (subject to hydrolysis) is 1. The van der Waals surface area contributed by atoms with Crippen LogP contribution in [-0.4, -0.2) is 37.2 Å². The SMILES string of the molecule is CC(NC(=O)OCc1ccccc1)C1CCN(C)CC1. The highest BCUT2D eigenvalue weighted by Gasteiger charge is 2.23. The van der Waals surface area contributed by atoms with Crippen LogP contribution in [0.3, 0.4) is 0 Å². The van der Waals surface area contributed by atoms with Crippen LogP contribution in [0.25, 0.3) is 0 Å². The molecule has 1 aromatic rings. The number of benzene rings is 1. The minimum absolute atomic E-state index is 0.173. The summed E-state index contributed by atoms with van der Waals surface area (Å²) in [6.45, 7) is 4.61. The van der Waals surface area contributed by atoms with Gasteiger partial charge < -0.3 is 15.0 Å². The van der Waals surface area contributed by atoms with Crippen molar-refractivity contribution in [1.29, 1.82) is 0 Å². The molecule has 1 aliphatic rings. The molecule has 20 heavy (non-hydrogen) atoms. The largest absolute Gasteiger partial charge is 0.445 e. The van der Waals surface area contributed by atoms with Gasteiger partial charge in [0.2, 0.25) is 0 Å². The first kappa shape index (κ1) is 14.9. The zero-order valence-electron chi connectivity index (χ0n) is 12.3. The van der Waals surface area contributed by atoms with Crippen LogP contribution in [0.1, 0.15) is 25.3 Å². The first-order chi connectivity index (χ1) is 9.65. The Morgan fingerprint density at radius 2 is 2.00 bits per heavy atom. The molecule has 1 amide bonds. The zero-order valence-corrected chi connectivity index (χ0v) is 12.3. The van der Waals surface area contributed by atoms with Crippen LogP contribution < -0.4 is 5.32 Å². The van der Waals surface area contributed by atoms with Crippen LogP contribution >= 0.6 is 0 Å². The summed E-state index contributed by atoms with van der Waals surface area (Å²) in [5.74, 6) is 0.551. The van der Waals surface area contributed by atoms with E-state index in [2.05, 4.69) is 24.2 Å². The molecule has 1 aromatic carbocycles. The van der Waals surface area contributed by atoms with Gasteiger partial charge in [0, 0.05) is 6.04 Å². The molecule has 1 N–H and O–H groups in total. The number of ether oxygens (including phenoxy) is 1. The Hall–Kier alpha value is -1.55. The fourth-order valence-electron chi connectivity index (χ4n) is 2.60. The van der Waals surface area contributed by atoms with E-state index in [4.69, 9.17) is 4.74 Å². The van der Waals surface area contributed by atoms with Crippen LogP contribution in [0.5, 0.6) is 0 Å². The van der Waals surface area contributed by atoms with E-state index in [1.165, 1.54) is 0 Å². The smallest absolute Gasteiger partial charge is 0.407 e. The number of piperidine rings is 1. The van der Waals surface area contributed by atoms with Crippen LogP contribution in [0, 0.1) is 5.92 Å². The lowest BCUT2D eigenvalue weighted by molar-refractivity contribution is 0.126. The fourth-order valence-corrected chi connectivity index (χ4v) is 2.60. The third kappa shape index (κ3) is 4.53. The van der Waals surface area contributed by atoms with Crippen LogP contribution in [0.4, 0.5) is 4.79 Å². The number of carbonyl (C=O) groups excluding carboxylic acids is 1. The molecular formula is C16H24N2O2. The normalized spacial score (nSPS) is 18.5. The fraction of sp³-hybridized carbons (Fsp3) is 0.562. The van der Waals surface area contributed by atoms with Gasteiger partial charge in [0.1, 0.15) is 6.61 Å². The maximum atomic E-state index is 11.8. The predicted molar refractivity (Wildman–Crippen MR) is 79.4 cm³/mol. The number of nitrogens with one attached hydrogen (secondary N) is 1. The average Bonchev–Trinajstić information content (AvgIpc) is 2.47. The van der Waals surface area contributed by atoms with Crippen LogP contribution in [-0.2, 0) is 11.3 Å². The van der Waals surface area contributed by atoms with Crippen molar-refractivity contribution >= 4 is 6.09 Å². The second kappa shape index (κ2) is 7.29. The summed E-state index contributed by atoms with van der Waals surface area (Å²) in [6, 6.07) is 9.91. The summed E-state index contributed by atoms with van der Waals surface area (Å²) in [6.07, 6.45) is 1.95. The molecule has 1 aliphatic heterocycles. The van der Waals surface area contributed by atoms with Crippen molar-refractivity contribution in [3.05, 3.63) is 35.9 Å². The molecule has 2 rings (SSSR count). The number of nitrogens with zero attached hydrogens (tertiary/aromatic N) is 1. The lowest BCUT2D eigenvalue weighted by Gasteiger charge is -2.32. The van der Waals surface area contributed by atoms with Crippen molar-refractivity contribution in [1.82, 2.24) is 10.2 Å². The van der Waals surface area contributed by atoms with Gasteiger partial charge in [-0.1, -0.05) is 30.3 Å². The highest BCUT2D eigenvalue weighted by atomic mass is 16.5. The summed E-state index contributed by atoms with van der Waals surface area (Å²) >= 11 is 0. The summed E-state index contributed by atoms with van der Waals surface area (Å²) in [7, 11) is 2.14. The van der Waals surface area contributed by atoms with Crippen molar-refractivity contribution in [2.24, 2.45) is 5.92 Å². The summed E-state index contributed by atoms with van der Waals surface area (Å²) < 4.78 is 5.25. The molecule has 0 bridgehead atoms. The number of likely N-dealkylation sites (tertiary alicyclic amines) is 1. The quantitative estimate of drug-likeness (QED) is 0.919. The first-order valence-electron chi connectivity index (χ1n) is 7.31. The molecule has 0 aromatic heterocycles. The second-order valence-electron chi connectivity index (χ2n) is 5.64. The number of hydrogen-bond acceptors (Lipinski definition) is 3. The number of amides is 1. The molecule has 0 aliphatic carbocycles. The van der Waals surface area contributed by atoms with E-state index in [0.717, 1.165) is 31.5 Å². The van der Waals surface area contributed by atoms with E-state index in [1.54, 1.807) is 0 Å². The minimum Gasteiger partial charge on any atom is -0.445 e. The summed E-state index contributed by atoms with van der Waals surface area (Å²) in [4.78, 5) is 14.1. The molecule has 1 unspecified atom stereocenters. The molecule has 0 radical (unpaired) electrons. The van der Waals surface area contributed by atoms with Crippen molar-refractivity contribution in [2.75, 3.05) is 20.1 Å². The van der Waals surface area contributed by atoms with E-state index >= 15 is 0 Å². The highest BCUT2D eigenvalue weighted by Crippen LogP contribution is 2.19. The minimum atomic E-state index is -0.319. The Bertz CT molecular complexity index is 414.